The summed E-state index contributed by atoms with van der Waals surface area (Å²) >= 11 is 0. The number of para-hydroxylation sites is 1. The number of rotatable bonds is 4. The first kappa shape index (κ1) is 16.8. The Balaban J connectivity index is 1.53. The minimum Gasteiger partial charge on any atom is -0.457 e. The van der Waals surface area contributed by atoms with Gasteiger partial charge in [-0.25, -0.2) is 9.18 Å². The number of cyclic esters (lactones) is 1. The molecule has 3 aromatic rings. The maximum absolute atomic E-state index is 13.0. The first-order valence-electron chi connectivity index (χ1n) is 8.42. The number of hydrogen-bond donors (Lipinski definition) is 0. The second kappa shape index (κ2) is 7.30. The van der Waals surface area contributed by atoms with Gasteiger partial charge >= 0.3 is 5.97 Å². The van der Waals surface area contributed by atoms with Gasteiger partial charge in [-0.05, 0) is 66.2 Å². The molecular formula is C23H15FO3. The van der Waals surface area contributed by atoms with Crippen LogP contribution in [0.5, 0.6) is 11.5 Å². The van der Waals surface area contributed by atoms with E-state index in [-0.39, 0.29) is 5.82 Å². The first-order valence-corrected chi connectivity index (χ1v) is 8.42. The van der Waals surface area contributed by atoms with Gasteiger partial charge in [-0.3, -0.25) is 0 Å². The van der Waals surface area contributed by atoms with Crippen molar-refractivity contribution in [1.82, 2.24) is 0 Å². The molecule has 0 bridgehead atoms. The van der Waals surface area contributed by atoms with Gasteiger partial charge in [0.25, 0.3) is 0 Å². The minimum atomic E-state index is -0.432. The third-order valence-electron chi connectivity index (χ3n) is 4.03. The highest BCUT2D eigenvalue weighted by molar-refractivity contribution is 6.05. The first-order chi connectivity index (χ1) is 13.2. The lowest BCUT2D eigenvalue weighted by molar-refractivity contribution is -0.130. The highest BCUT2D eigenvalue weighted by Gasteiger charge is 2.22. The average Bonchev–Trinajstić information content (AvgIpc) is 3.05. The molecule has 0 atom stereocenters. The molecule has 0 saturated heterocycles. The van der Waals surface area contributed by atoms with Crippen molar-refractivity contribution in [2.45, 2.75) is 0 Å². The largest absolute Gasteiger partial charge is 0.457 e. The van der Waals surface area contributed by atoms with E-state index in [0.717, 1.165) is 16.9 Å². The van der Waals surface area contributed by atoms with Gasteiger partial charge in [-0.15, -0.1) is 0 Å². The highest BCUT2D eigenvalue weighted by atomic mass is 19.1. The van der Waals surface area contributed by atoms with E-state index in [1.165, 1.54) is 12.1 Å². The van der Waals surface area contributed by atoms with Gasteiger partial charge in [0.2, 0.25) is 0 Å². The van der Waals surface area contributed by atoms with Gasteiger partial charge in [-0.1, -0.05) is 30.3 Å². The summed E-state index contributed by atoms with van der Waals surface area (Å²) in [7, 11) is 0. The fraction of sp³-hybridized carbons (Fsp3) is 0. The zero-order valence-corrected chi connectivity index (χ0v) is 14.3. The van der Waals surface area contributed by atoms with Crippen LogP contribution in [-0.2, 0) is 9.53 Å². The zero-order chi connectivity index (χ0) is 18.6. The number of carbonyl (C=O) groups excluding carboxylic acids is 1. The smallest absolute Gasteiger partial charge is 0.343 e. The Morgan fingerprint density at radius 2 is 1.48 bits per heavy atom. The molecule has 3 nitrogen and oxygen atoms in total. The van der Waals surface area contributed by atoms with Crippen LogP contribution in [0.3, 0.4) is 0 Å². The van der Waals surface area contributed by atoms with Gasteiger partial charge in [0.05, 0.1) is 5.57 Å². The summed E-state index contributed by atoms with van der Waals surface area (Å²) < 4.78 is 24.1. The molecule has 0 fully saturated rings. The van der Waals surface area contributed by atoms with Crippen LogP contribution in [0.25, 0.3) is 11.8 Å². The SMILES string of the molecule is O=C1OC(c2ccc(Oc3ccccc3)cc2)=C/C1=C\c1ccc(F)cc1. The van der Waals surface area contributed by atoms with E-state index in [1.807, 2.05) is 54.6 Å². The molecule has 4 heteroatoms. The van der Waals surface area contributed by atoms with Crippen LogP contribution >= 0.6 is 0 Å². The quantitative estimate of drug-likeness (QED) is 0.450. The number of ether oxygens (including phenoxy) is 2. The lowest BCUT2D eigenvalue weighted by Gasteiger charge is -2.06. The molecule has 1 aliphatic rings. The highest BCUT2D eigenvalue weighted by Crippen LogP contribution is 2.29. The molecule has 0 N–H and O–H groups in total. The molecule has 0 spiro atoms. The number of hydrogen-bond acceptors (Lipinski definition) is 3. The summed E-state index contributed by atoms with van der Waals surface area (Å²) in [5, 5.41) is 0. The third-order valence-corrected chi connectivity index (χ3v) is 4.03. The van der Waals surface area contributed by atoms with Crippen molar-refractivity contribution in [3.05, 3.63) is 107 Å². The van der Waals surface area contributed by atoms with Crippen LogP contribution in [0.1, 0.15) is 11.1 Å². The summed E-state index contributed by atoms with van der Waals surface area (Å²) in [6.07, 6.45) is 3.35. The number of esters is 1. The summed E-state index contributed by atoms with van der Waals surface area (Å²) in [5.41, 5.74) is 1.92. The molecule has 0 unspecified atom stereocenters. The van der Waals surface area contributed by atoms with Gasteiger partial charge in [0.15, 0.2) is 0 Å². The average molecular weight is 358 g/mol. The number of carbonyl (C=O) groups is 1. The van der Waals surface area contributed by atoms with Gasteiger partial charge < -0.3 is 9.47 Å². The second-order valence-corrected chi connectivity index (χ2v) is 5.99. The summed E-state index contributed by atoms with van der Waals surface area (Å²) in [5.74, 6) is 1.16. The van der Waals surface area contributed by atoms with Crippen LogP contribution in [-0.4, -0.2) is 5.97 Å². The predicted molar refractivity (Wildman–Crippen MR) is 101 cm³/mol. The molecular weight excluding hydrogens is 343 g/mol. The van der Waals surface area contributed by atoms with Crippen LogP contribution in [0.4, 0.5) is 4.39 Å². The van der Waals surface area contributed by atoms with E-state index < -0.39 is 5.97 Å². The molecule has 1 aliphatic heterocycles. The molecule has 27 heavy (non-hydrogen) atoms. The van der Waals surface area contributed by atoms with Crippen LogP contribution < -0.4 is 4.74 Å². The fourth-order valence-electron chi connectivity index (χ4n) is 2.68. The molecule has 1 heterocycles. The second-order valence-electron chi connectivity index (χ2n) is 5.99. The maximum atomic E-state index is 13.0. The van der Waals surface area contributed by atoms with E-state index in [1.54, 1.807) is 24.3 Å². The van der Waals surface area contributed by atoms with Crippen molar-refractivity contribution in [1.29, 1.82) is 0 Å². The Hall–Kier alpha value is -3.66. The van der Waals surface area contributed by atoms with E-state index >= 15 is 0 Å². The van der Waals surface area contributed by atoms with Gasteiger partial charge in [0.1, 0.15) is 23.1 Å². The Labute approximate surface area is 156 Å². The topological polar surface area (TPSA) is 35.5 Å². The molecule has 0 saturated carbocycles. The minimum absolute atomic E-state index is 0.319. The van der Waals surface area contributed by atoms with E-state index in [4.69, 9.17) is 9.47 Å². The maximum Gasteiger partial charge on any atom is 0.343 e. The van der Waals surface area contributed by atoms with Crippen molar-refractivity contribution in [2.75, 3.05) is 0 Å². The lowest BCUT2D eigenvalue weighted by atomic mass is 10.1. The summed E-state index contributed by atoms with van der Waals surface area (Å²) in [4.78, 5) is 12.1. The van der Waals surface area contributed by atoms with E-state index in [0.29, 0.717) is 17.1 Å². The van der Waals surface area contributed by atoms with E-state index in [2.05, 4.69) is 0 Å². The van der Waals surface area contributed by atoms with Crippen molar-refractivity contribution in [3.8, 4) is 11.5 Å². The van der Waals surface area contributed by atoms with Gasteiger partial charge in [0, 0.05) is 5.56 Å². The Morgan fingerprint density at radius 3 is 2.19 bits per heavy atom. The predicted octanol–water partition coefficient (Wildman–Crippen LogP) is 5.60. The van der Waals surface area contributed by atoms with Crippen LogP contribution in [0, 0.1) is 5.82 Å². The molecule has 0 aliphatic carbocycles. The molecule has 4 rings (SSSR count). The molecule has 0 aromatic heterocycles. The monoisotopic (exact) mass is 358 g/mol. The Bertz CT molecular complexity index is 1020. The fourth-order valence-corrected chi connectivity index (χ4v) is 2.68. The lowest BCUT2D eigenvalue weighted by Crippen LogP contribution is -1.97. The molecule has 3 aromatic carbocycles. The Kier molecular flexibility index (Phi) is 4.54. The van der Waals surface area contributed by atoms with Crippen LogP contribution in [0.2, 0.25) is 0 Å². The molecule has 0 amide bonds. The van der Waals surface area contributed by atoms with Gasteiger partial charge in [-0.2, -0.15) is 0 Å². The standard InChI is InChI=1S/C23H15FO3/c24-19-10-6-16(7-11-19)14-18-15-22(27-23(18)25)17-8-12-21(13-9-17)26-20-4-2-1-3-5-20/h1-15H/b18-14+. The van der Waals surface area contributed by atoms with Crippen molar-refractivity contribution in [2.24, 2.45) is 0 Å². The number of benzene rings is 3. The van der Waals surface area contributed by atoms with Crippen molar-refractivity contribution < 1.29 is 18.7 Å². The van der Waals surface area contributed by atoms with Crippen LogP contribution in [0.15, 0.2) is 90.5 Å². The molecule has 0 radical (unpaired) electrons. The molecule has 132 valence electrons. The third kappa shape index (κ3) is 3.96. The van der Waals surface area contributed by atoms with Crippen molar-refractivity contribution >= 4 is 17.8 Å². The number of halogens is 1. The zero-order valence-electron chi connectivity index (χ0n) is 14.3. The van der Waals surface area contributed by atoms with E-state index in [9.17, 15) is 9.18 Å². The normalized spacial score (nSPS) is 14.8. The summed E-state index contributed by atoms with van der Waals surface area (Å²) in [6.45, 7) is 0. The summed E-state index contributed by atoms with van der Waals surface area (Å²) in [6, 6.07) is 22.7. The van der Waals surface area contributed by atoms with Crippen molar-refractivity contribution in [3.63, 3.8) is 0 Å². The Morgan fingerprint density at radius 1 is 0.815 bits per heavy atom.